The van der Waals surface area contributed by atoms with E-state index in [0.717, 1.165) is 47.1 Å². The van der Waals surface area contributed by atoms with Crippen molar-refractivity contribution >= 4 is 29.4 Å². The van der Waals surface area contributed by atoms with Gasteiger partial charge in [-0.15, -0.1) is 10.2 Å². The number of phenolic OH excluding ortho intramolecular Hbond substituents is 1. The summed E-state index contributed by atoms with van der Waals surface area (Å²) in [6, 6.07) is 27.5. The topological polar surface area (TPSA) is 237 Å². The highest BCUT2D eigenvalue weighted by Gasteiger charge is 2.43. The Morgan fingerprint density at radius 1 is 0.842 bits per heavy atom. The lowest BCUT2D eigenvalue weighted by atomic mass is 9.83. The van der Waals surface area contributed by atoms with Gasteiger partial charge in [0.25, 0.3) is 5.91 Å². The van der Waals surface area contributed by atoms with Gasteiger partial charge in [-0.2, -0.15) is 5.10 Å². The Bertz CT molecular complexity index is 2990. The molecule has 1 aliphatic carbocycles. The molecule has 6 aromatic rings. The monoisotopic (exact) mass is 1030 g/mol. The summed E-state index contributed by atoms with van der Waals surface area (Å²) in [4.78, 5) is 56.8. The number of nitrogens with two attached hydrogens (primary N) is 1. The Balaban J connectivity index is 0.777. The average molecular weight is 1040 g/mol. The maximum absolute atomic E-state index is 14.7. The Labute approximate surface area is 444 Å². The predicted molar refractivity (Wildman–Crippen MR) is 289 cm³/mol. The van der Waals surface area contributed by atoms with Crippen LogP contribution in [0.25, 0.3) is 22.4 Å². The molecule has 4 amide bonds. The summed E-state index contributed by atoms with van der Waals surface area (Å²) in [7, 11) is 1.69. The summed E-state index contributed by atoms with van der Waals surface area (Å²) in [6.07, 6.45) is 6.62. The van der Waals surface area contributed by atoms with E-state index in [1.54, 1.807) is 61.5 Å². The molecule has 7 N–H and O–H groups in total. The number of nitrogens with one attached hydrogen (secondary N) is 4. The van der Waals surface area contributed by atoms with Crippen molar-refractivity contribution in [2.24, 2.45) is 5.41 Å². The van der Waals surface area contributed by atoms with Gasteiger partial charge in [-0.25, -0.2) is 0 Å². The Kier molecular flexibility index (Phi) is 17.8. The number of fused-ring (bicyclic) bond motifs is 2. The zero-order valence-electron chi connectivity index (χ0n) is 44.2. The quantitative estimate of drug-likeness (QED) is 0.0433. The van der Waals surface area contributed by atoms with E-state index in [-0.39, 0.29) is 60.4 Å². The van der Waals surface area contributed by atoms with Crippen molar-refractivity contribution in [3.05, 3.63) is 143 Å². The van der Waals surface area contributed by atoms with Crippen LogP contribution in [0.2, 0.25) is 0 Å². The molecule has 0 radical (unpaired) electrons. The highest BCUT2D eigenvalue weighted by atomic mass is 16.5. The second-order valence-electron chi connectivity index (χ2n) is 20.5. The molecule has 1 aliphatic heterocycles. The summed E-state index contributed by atoms with van der Waals surface area (Å²) in [6.45, 7) is 11.5. The van der Waals surface area contributed by atoms with Crippen molar-refractivity contribution in [1.82, 2.24) is 46.1 Å². The van der Waals surface area contributed by atoms with Gasteiger partial charge in [0.05, 0.1) is 56.4 Å². The molecule has 1 unspecified atom stereocenters. The van der Waals surface area contributed by atoms with E-state index < -0.39 is 23.5 Å². The molecule has 2 aliphatic rings. The highest BCUT2D eigenvalue weighted by molar-refractivity contribution is 5.95. The molecule has 400 valence electrons. The molecule has 0 bridgehead atoms. The van der Waals surface area contributed by atoms with Crippen molar-refractivity contribution in [1.29, 1.82) is 0 Å². The molecule has 0 saturated carbocycles. The SMILES string of the molecule is CN[C@@H](C)C(=O)N[C@H](C(=O)N1Cc2cc(OCCOCCOCCNC(=O)c3ccc(C(C)n4cc(-c5cc(-c6ccccc6O)nnc5N)cn4)cc3)ccc2C[C@H]1C(=O)N[C@@H]1CCCc2ccccc21)C(C)(C)C. The number of carbonyl (C=O) groups excluding carboxylic acids is 4. The fraction of sp³-hybridized carbons (Fsp3) is 0.397. The summed E-state index contributed by atoms with van der Waals surface area (Å²) < 4.78 is 19.4. The number of likely N-dealkylation sites (N-methyl/N-ethyl adjacent to an activating group) is 1. The summed E-state index contributed by atoms with van der Waals surface area (Å²) in [5.74, 6) is -0.119. The molecule has 0 fully saturated rings. The third kappa shape index (κ3) is 13.2. The van der Waals surface area contributed by atoms with Crippen molar-refractivity contribution in [2.45, 2.75) is 97.1 Å². The zero-order valence-corrected chi connectivity index (χ0v) is 44.2. The zero-order chi connectivity index (χ0) is 53.9. The fourth-order valence-electron chi connectivity index (χ4n) is 9.59. The molecule has 18 heteroatoms. The van der Waals surface area contributed by atoms with Crippen LogP contribution in [0, 0.1) is 5.41 Å². The summed E-state index contributed by atoms with van der Waals surface area (Å²) in [5, 5.41) is 35.3. The first-order valence-electron chi connectivity index (χ1n) is 26.0. The number of aromatic hydroxyl groups is 1. The second kappa shape index (κ2) is 24.8. The standard InChI is InChI=1S/C58H70N10O8/c1-36(60-6)54(70)64-52(58(3,4)5)57(73)67-34-42-30-44(23-22-41(42)31-50(67)56(72)63-48-16-11-13-39-12-7-8-14-45(39)48)76-29-28-75-27-26-74-25-24-61-55(71)40-20-18-38(19-21-40)37(2)68-35-43(33-62-68)47-32-49(65-66-53(47)59)46-15-9-10-17-51(46)69/h7-10,12,14-15,17-23,30,32-33,35-37,48,50,52,60,69H,11,13,16,24-29,31,34H2,1-6H3,(H2,59,66)(H,61,71)(H,63,72)(H,64,70)/t36-,37?,48+,50-,52+/m0/s1. The number of benzene rings is 4. The van der Waals surface area contributed by atoms with Gasteiger partial charge >= 0.3 is 0 Å². The van der Waals surface area contributed by atoms with Crippen LogP contribution < -0.4 is 31.7 Å². The van der Waals surface area contributed by atoms with Crippen LogP contribution in [-0.2, 0) is 43.2 Å². The van der Waals surface area contributed by atoms with Crippen LogP contribution >= 0.6 is 0 Å². The molecule has 76 heavy (non-hydrogen) atoms. The van der Waals surface area contributed by atoms with E-state index in [2.05, 4.69) is 48.7 Å². The lowest BCUT2D eigenvalue weighted by Crippen LogP contribution is -2.62. The van der Waals surface area contributed by atoms with Crippen molar-refractivity contribution < 1.29 is 38.5 Å². The highest BCUT2D eigenvalue weighted by Crippen LogP contribution is 2.35. The van der Waals surface area contributed by atoms with E-state index in [1.807, 2.05) is 87.1 Å². The van der Waals surface area contributed by atoms with Gasteiger partial charge in [-0.3, -0.25) is 23.9 Å². The number of phenols is 1. The lowest BCUT2D eigenvalue weighted by Gasteiger charge is -2.41. The van der Waals surface area contributed by atoms with Crippen LogP contribution in [-0.4, -0.2) is 118 Å². The number of rotatable bonds is 21. The number of aromatic nitrogens is 4. The molecule has 2 aromatic heterocycles. The number of hydrogen-bond acceptors (Lipinski definition) is 13. The first-order chi connectivity index (χ1) is 36.6. The number of hydrogen-bond donors (Lipinski definition) is 6. The molecule has 0 saturated heterocycles. The van der Waals surface area contributed by atoms with Gasteiger partial charge in [-0.05, 0) is 116 Å². The Morgan fingerprint density at radius 2 is 1.58 bits per heavy atom. The second-order valence-corrected chi connectivity index (χ2v) is 20.5. The largest absolute Gasteiger partial charge is 0.507 e. The number of amides is 4. The minimum absolute atomic E-state index is 0.0939. The van der Waals surface area contributed by atoms with E-state index in [9.17, 15) is 24.3 Å². The van der Waals surface area contributed by atoms with Crippen LogP contribution in [0.5, 0.6) is 11.5 Å². The number of nitrogens with zero attached hydrogens (tertiary/aromatic N) is 5. The third-order valence-corrected chi connectivity index (χ3v) is 14.2. The fourth-order valence-corrected chi connectivity index (χ4v) is 9.59. The molecular formula is C58H70N10O8. The summed E-state index contributed by atoms with van der Waals surface area (Å²) >= 11 is 0. The van der Waals surface area contributed by atoms with Gasteiger partial charge < -0.3 is 51.2 Å². The number of para-hydroxylation sites is 1. The minimum atomic E-state index is -0.888. The molecule has 3 heterocycles. The van der Waals surface area contributed by atoms with Crippen LogP contribution in [0.15, 0.2) is 109 Å². The number of nitrogen functional groups attached to an aromatic ring is 1. The van der Waals surface area contributed by atoms with Gasteiger partial charge in [-0.1, -0.05) is 75.4 Å². The molecule has 0 spiro atoms. The van der Waals surface area contributed by atoms with Crippen molar-refractivity contribution in [2.75, 3.05) is 52.4 Å². The van der Waals surface area contributed by atoms with Crippen LogP contribution in [0.4, 0.5) is 5.82 Å². The van der Waals surface area contributed by atoms with Gasteiger partial charge in [0.2, 0.25) is 17.7 Å². The lowest BCUT2D eigenvalue weighted by molar-refractivity contribution is -0.147. The molecule has 18 nitrogen and oxygen atoms in total. The number of carbonyl (C=O) groups is 4. The van der Waals surface area contributed by atoms with E-state index in [4.69, 9.17) is 19.9 Å². The number of ether oxygens (including phenoxy) is 3. The normalized spacial score (nSPS) is 16.4. The number of anilines is 1. The maximum atomic E-state index is 14.7. The van der Waals surface area contributed by atoms with Crippen LogP contribution in [0.1, 0.15) is 97.7 Å². The van der Waals surface area contributed by atoms with Crippen LogP contribution in [0.3, 0.4) is 0 Å². The molecular weight excluding hydrogens is 965 g/mol. The van der Waals surface area contributed by atoms with Gasteiger partial charge in [0.15, 0.2) is 5.82 Å². The van der Waals surface area contributed by atoms with E-state index in [0.29, 0.717) is 67.5 Å². The third-order valence-electron chi connectivity index (χ3n) is 14.2. The van der Waals surface area contributed by atoms with Crippen molar-refractivity contribution in [3.8, 4) is 33.9 Å². The predicted octanol–water partition coefficient (Wildman–Crippen LogP) is 6.33. The van der Waals surface area contributed by atoms with Crippen molar-refractivity contribution in [3.63, 3.8) is 0 Å². The molecule has 4 aromatic carbocycles. The average Bonchev–Trinajstić information content (AvgIpc) is 3.96. The Hall–Kier alpha value is -7.67. The first-order valence-corrected chi connectivity index (χ1v) is 26.0. The van der Waals surface area contributed by atoms with E-state index in [1.165, 1.54) is 5.56 Å². The Morgan fingerprint density at radius 3 is 2.34 bits per heavy atom. The summed E-state index contributed by atoms with van der Waals surface area (Å²) in [5.41, 5.74) is 13.6. The smallest absolute Gasteiger partial charge is 0.251 e. The maximum Gasteiger partial charge on any atom is 0.251 e. The molecule has 8 rings (SSSR count). The molecule has 5 atom stereocenters. The van der Waals surface area contributed by atoms with Gasteiger partial charge in [0, 0.05) is 48.0 Å². The van der Waals surface area contributed by atoms with E-state index >= 15 is 0 Å². The number of aryl methyl sites for hydroxylation is 1. The first kappa shape index (κ1) is 54.6. The van der Waals surface area contributed by atoms with Gasteiger partial charge in [0.1, 0.15) is 30.2 Å². The minimum Gasteiger partial charge on any atom is -0.507 e.